The smallest absolute Gasteiger partial charge is 0.200 e. The third-order valence-corrected chi connectivity index (χ3v) is 4.86. The molecule has 2 atom stereocenters. The van der Waals surface area contributed by atoms with Gasteiger partial charge in [0, 0.05) is 0 Å². The summed E-state index contributed by atoms with van der Waals surface area (Å²) in [6.07, 6.45) is 1.07. The number of phenols is 2. The number of methoxy groups -OCH3 is 3. The van der Waals surface area contributed by atoms with E-state index in [4.69, 9.17) is 14.2 Å². The number of aliphatic hydroxyl groups excluding tert-OH is 2. The molecule has 0 saturated carbocycles. The van der Waals surface area contributed by atoms with Crippen LogP contribution in [-0.2, 0) is 12.8 Å². The van der Waals surface area contributed by atoms with Crippen molar-refractivity contribution in [3.8, 4) is 28.7 Å². The zero-order valence-corrected chi connectivity index (χ0v) is 17.1. The Labute approximate surface area is 171 Å². The molecule has 0 aliphatic rings. The van der Waals surface area contributed by atoms with E-state index in [1.165, 1.54) is 21.3 Å². The average molecular weight is 406 g/mol. The van der Waals surface area contributed by atoms with E-state index in [-0.39, 0.29) is 17.9 Å². The first-order valence-electron chi connectivity index (χ1n) is 9.53. The molecule has 0 spiro atoms. The van der Waals surface area contributed by atoms with Gasteiger partial charge in [-0.15, -0.1) is 0 Å². The molecule has 7 heteroatoms. The van der Waals surface area contributed by atoms with E-state index in [1.54, 1.807) is 30.3 Å². The molecular formula is C22H30O7. The Morgan fingerprint density at radius 3 is 1.72 bits per heavy atom. The lowest BCUT2D eigenvalue weighted by Crippen LogP contribution is -2.19. The normalized spacial score (nSPS) is 13.0. The van der Waals surface area contributed by atoms with Gasteiger partial charge in [0.1, 0.15) is 0 Å². The van der Waals surface area contributed by atoms with E-state index in [0.29, 0.717) is 42.9 Å². The number of ether oxygens (including phenoxy) is 3. The van der Waals surface area contributed by atoms with E-state index in [1.807, 2.05) is 0 Å². The largest absolute Gasteiger partial charge is 0.504 e. The summed E-state index contributed by atoms with van der Waals surface area (Å²) < 4.78 is 15.4. The second kappa shape index (κ2) is 10.8. The third-order valence-electron chi connectivity index (χ3n) is 4.86. The van der Waals surface area contributed by atoms with E-state index >= 15 is 0 Å². The number of hydrogen-bond acceptors (Lipinski definition) is 7. The molecule has 0 aliphatic carbocycles. The Morgan fingerprint density at radius 1 is 0.724 bits per heavy atom. The van der Waals surface area contributed by atoms with Crippen LogP contribution in [0.3, 0.4) is 0 Å². The molecule has 0 heterocycles. The topological polar surface area (TPSA) is 109 Å². The molecule has 0 unspecified atom stereocenters. The van der Waals surface area contributed by atoms with Crippen molar-refractivity contribution in [3.05, 3.63) is 41.5 Å². The van der Waals surface area contributed by atoms with Crippen molar-refractivity contribution in [2.75, 3.05) is 21.3 Å². The molecule has 0 radical (unpaired) electrons. The van der Waals surface area contributed by atoms with Gasteiger partial charge in [-0.25, -0.2) is 0 Å². The predicted octanol–water partition coefficient (Wildman–Crippen LogP) is 2.80. The Kier molecular flexibility index (Phi) is 8.42. The van der Waals surface area contributed by atoms with Crippen LogP contribution in [0.15, 0.2) is 30.3 Å². The van der Waals surface area contributed by atoms with Crippen molar-refractivity contribution in [3.63, 3.8) is 0 Å². The number of aromatic hydroxyl groups is 2. The van der Waals surface area contributed by atoms with Crippen LogP contribution in [0.25, 0.3) is 0 Å². The van der Waals surface area contributed by atoms with Crippen LogP contribution >= 0.6 is 0 Å². The molecule has 0 fully saturated rings. The monoisotopic (exact) mass is 406 g/mol. The van der Waals surface area contributed by atoms with Crippen molar-refractivity contribution in [2.24, 2.45) is 0 Å². The molecule has 7 nitrogen and oxygen atoms in total. The fraction of sp³-hybridized carbons (Fsp3) is 0.455. The van der Waals surface area contributed by atoms with Crippen LogP contribution in [0, 0.1) is 0 Å². The van der Waals surface area contributed by atoms with Crippen molar-refractivity contribution >= 4 is 0 Å². The summed E-state index contributed by atoms with van der Waals surface area (Å²) in [5.74, 6) is 1.06. The minimum atomic E-state index is -0.662. The van der Waals surface area contributed by atoms with Gasteiger partial charge in [-0.2, -0.15) is 0 Å². The van der Waals surface area contributed by atoms with E-state index in [2.05, 4.69) is 0 Å². The van der Waals surface area contributed by atoms with Gasteiger partial charge in [0.2, 0.25) is 5.75 Å². The van der Waals surface area contributed by atoms with Crippen LogP contribution in [0.5, 0.6) is 28.7 Å². The maximum Gasteiger partial charge on any atom is 0.200 e. The van der Waals surface area contributed by atoms with Gasteiger partial charge in [0.15, 0.2) is 23.0 Å². The number of benzene rings is 2. The fourth-order valence-corrected chi connectivity index (χ4v) is 3.19. The average Bonchev–Trinajstić information content (AvgIpc) is 2.72. The van der Waals surface area contributed by atoms with Crippen molar-refractivity contribution < 1.29 is 34.6 Å². The molecule has 0 aromatic heterocycles. The quantitative estimate of drug-likeness (QED) is 0.454. The van der Waals surface area contributed by atoms with Gasteiger partial charge < -0.3 is 34.6 Å². The number of phenolic OH excluding ortho intramolecular Hbond substituents is 2. The van der Waals surface area contributed by atoms with Gasteiger partial charge in [0.05, 0.1) is 33.5 Å². The molecular weight excluding hydrogens is 376 g/mol. The fourth-order valence-electron chi connectivity index (χ4n) is 3.19. The highest BCUT2D eigenvalue weighted by atomic mass is 16.5. The van der Waals surface area contributed by atoms with Gasteiger partial charge in [-0.05, 0) is 67.5 Å². The van der Waals surface area contributed by atoms with Crippen LogP contribution < -0.4 is 14.2 Å². The van der Waals surface area contributed by atoms with E-state index in [9.17, 15) is 20.4 Å². The Balaban J connectivity index is 1.83. The molecule has 4 N–H and O–H groups in total. The summed E-state index contributed by atoms with van der Waals surface area (Å²) in [5.41, 5.74) is 1.80. The van der Waals surface area contributed by atoms with E-state index in [0.717, 1.165) is 11.1 Å². The SMILES string of the molecule is COc1cc(CC[C@H](O)C[C@@H](O)CCc2cc(OC)c(O)c(OC)c2)ccc1O. The second-order valence-corrected chi connectivity index (χ2v) is 6.98. The van der Waals surface area contributed by atoms with Crippen LogP contribution in [-0.4, -0.2) is 54.0 Å². The lowest BCUT2D eigenvalue weighted by molar-refractivity contribution is 0.0714. The summed E-state index contributed by atoms with van der Waals surface area (Å²) >= 11 is 0. The van der Waals surface area contributed by atoms with Gasteiger partial charge >= 0.3 is 0 Å². The minimum Gasteiger partial charge on any atom is -0.504 e. The first-order chi connectivity index (χ1) is 13.9. The van der Waals surface area contributed by atoms with Gasteiger partial charge in [-0.3, -0.25) is 0 Å². The number of aryl methyl sites for hydroxylation is 2. The highest BCUT2D eigenvalue weighted by Crippen LogP contribution is 2.37. The Morgan fingerprint density at radius 2 is 1.21 bits per heavy atom. The van der Waals surface area contributed by atoms with Crippen molar-refractivity contribution in [1.82, 2.24) is 0 Å². The maximum atomic E-state index is 10.3. The van der Waals surface area contributed by atoms with Crippen molar-refractivity contribution in [1.29, 1.82) is 0 Å². The summed E-state index contributed by atoms with van der Waals surface area (Å²) in [5, 5.41) is 40.1. The number of hydrogen-bond donors (Lipinski definition) is 4. The minimum absolute atomic E-state index is 0.0550. The molecule has 0 aliphatic heterocycles. The molecule has 0 amide bonds. The lowest BCUT2D eigenvalue weighted by atomic mass is 9.98. The molecule has 2 aromatic rings. The van der Waals surface area contributed by atoms with Crippen LogP contribution in [0.2, 0.25) is 0 Å². The van der Waals surface area contributed by atoms with Gasteiger partial charge in [0.25, 0.3) is 0 Å². The third kappa shape index (κ3) is 6.44. The number of rotatable bonds is 11. The molecule has 29 heavy (non-hydrogen) atoms. The van der Waals surface area contributed by atoms with Crippen LogP contribution in [0.1, 0.15) is 30.4 Å². The molecule has 2 aromatic carbocycles. The highest BCUT2D eigenvalue weighted by molar-refractivity contribution is 5.52. The predicted molar refractivity (Wildman–Crippen MR) is 109 cm³/mol. The summed E-state index contributed by atoms with van der Waals surface area (Å²) in [6.45, 7) is 0. The first-order valence-corrected chi connectivity index (χ1v) is 9.53. The summed E-state index contributed by atoms with van der Waals surface area (Å²) in [6, 6.07) is 8.50. The molecule has 160 valence electrons. The maximum absolute atomic E-state index is 10.3. The molecule has 2 rings (SSSR count). The summed E-state index contributed by atoms with van der Waals surface area (Å²) in [7, 11) is 4.42. The summed E-state index contributed by atoms with van der Waals surface area (Å²) in [4.78, 5) is 0. The Bertz CT molecular complexity index is 766. The lowest BCUT2D eigenvalue weighted by Gasteiger charge is -2.17. The van der Waals surface area contributed by atoms with Gasteiger partial charge in [-0.1, -0.05) is 6.07 Å². The molecule has 0 bridgehead atoms. The second-order valence-electron chi connectivity index (χ2n) is 6.98. The van der Waals surface area contributed by atoms with Crippen LogP contribution in [0.4, 0.5) is 0 Å². The Hall–Kier alpha value is -2.64. The zero-order valence-electron chi connectivity index (χ0n) is 17.1. The zero-order chi connectivity index (χ0) is 21.4. The number of aliphatic hydroxyl groups is 2. The highest BCUT2D eigenvalue weighted by Gasteiger charge is 2.15. The molecule has 0 saturated heterocycles. The first kappa shape index (κ1) is 22.6. The van der Waals surface area contributed by atoms with Crippen molar-refractivity contribution in [2.45, 2.75) is 44.3 Å². The van der Waals surface area contributed by atoms with E-state index < -0.39 is 12.2 Å². The standard InChI is InChI=1S/C22H30O7/c1-27-19-10-14(6-9-18(19)25)4-7-16(23)13-17(24)8-5-15-11-20(28-2)22(26)21(12-15)29-3/h6,9-12,16-17,23-26H,4-5,7-8,13H2,1-3H3/t16-,17-/m0/s1.